The molecule has 0 aliphatic heterocycles. The smallest absolute Gasteiger partial charge is 0.262 e. The van der Waals surface area contributed by atoms with Crippen LogP contribution in [0.15, 0.2) is 96.2 Å². The lowest BCUT2D eigenvalue weighted by molar-refractivity contribution is 0.483. The lowest BCUT2D eigenvalue weighted by atomic mass is 10.1. The van der Waals surface area contributed by atoms with Crippen LogP contribution in [0.3, 0.4) is 0 Å². The predicted octanol–water partition coefficient (Wildman–Crippen LogP) is 4.92. The van der Waals surface area contributed by atoms with Crippen LogP contribution in [0.1, 0.15) is 0 Å². The van der Waals surface area contributed by atoms with E-state index in [2.05, 4.69) is 25.3 Å². The number of nitrogens with one attached hydrogen (secondary N) is 2. The van der Waals surface area contributed by atoms with Gasteiger partial charge < -0.3 is 10.1 Å². The number of H-pyrrole nitrogens is 1. The molecule has 0 radical (unpaired) electrons. The van der Waals surface area contributed by atoms with Gasteiger partial charge in [-0.25, -0.2) is 4.98 Å². The van der Waals surface area contributed by atoms with Crippen LogP contribution in [-0.4, -0.2) is 19.9 Å². The maximum absolute atomic E-state index is 12.8. The van der Waals surface area contributed by atoms with Crippen LogP contribution in [-0.2, 0) is 0 Å². The third-order valence-corrected chi connectivity index (χ3v) is 4.68. The van der Waals surface area contributed by atoms with Crippen molar-refractivity contribution in [3.8, 4) is 22.6 Å². The Labute approximate surface area is 177 Å². The highest BCUT2D eigenvalue weighted by Crippen LogP contribution is 2.25. The van der Waals surface area contributed by atoms with Crippen LogP contribution in [0.5, 0.6) is 11.5 Å². The molecule has 0 amide bonds. The maximum atomic E-state index is 12.8. The van der Waals surface area contributed by atoms with Crippen LogP contribution in [0, 0.1) is 0 Å². The third kappa shape index (κ3) is 3.97. The van der Waals surface area contributed by atoms with Crippen LogP contribution in [0.25, 0.3) is 22.2 Å². The summed E-state index contributed by atoms with van der Waals surface area (Å²) in [6.07, 6.45) is 5.03. The Bertz CT molecular complexity index is 1390. The van der Waals surface area contributed by atoms with Gasteiger partial charge >= 0.3 is 0 Å². The third-order valence-electron chi connectivity index (χ3n) is 4.68. The monoisotopic (exact) mass is 407 g/mol. The first-order valence-corrected chi connectivity index (χ1v) is 9.66. The van der Waals surface area contributed by atoms with Crippen molar-refractivity contribution in [3.05, 3.63) is 102 Å². The highest BCUT2D eigenvalue weighted by molar-refractivity contribution is 5.92. The minimum atomic E-state index is -0.275. The number of rotatable bonds is 5. The van der Waals surface area contributed by atoms with E-state index in [4.69, 9.17) is 4.74 Å². The highest BCUT2D eigenvalue weighted by atomic mass is 16.5. The number of aromatic nitrogens is 4. The molecule has 3 heterocycles. The largest absolute Gasteiger partial charge is 0.457 e. The molecule has 7 nitrogen and oxygen atoms in total. The van der Waals surface area contributed by atoms with Crippen molar-refractivity contribution in [2.75, 3.05) is 5.32 Å². The fourth-order valence-corrected chi connectivity index (χ4v) is 3.25. The Hall–Kier alpha value is -4.52. The molecule has 5 aromatic rings. The number of hydrogen-bond donors (Lipinski definition) is 2. The molecule has 0 spiro atoms. The van der Waals surface area contributed by atoms with Crippen molar-refractivity contribution in [3.63, 3.8) is 0 Å². The second-order valence-corrected chi connectivity index (χ2v) is 6.78. The molecule has 0 saturated carbocycles. The van der Waals surface area contributed by atoms with Gasteiger partial charge in [0.25, 0.3) is 5.56 Å². The van der Waals surface area contributed by atoms with Crippen LogP contribution in [0.4, 0.5) is 11.6 Å². The first-order chi connectivity index (χ1) is 15.3. The number of anilines is 2. The van der Waals surface area contributed by atoms with E-state index in [9.17, 15) is 4.79 Å². The van der Waals surface area contributed by atoms with Crippen molar-refractivity contribution < 1.29 is 4.74 Å². The molecule has 150 valence electrons. The first-order valence-electron chi connectivity index (χ1n) is 9.66. The van der Waals surface area contributed by atoms with Crippen molar-refractivity contribution >= 4 is 22.7 Å². The molecule has 0 fully saturated rings. The van der Waals surface area contributed by atoms with E-state index in [-0.39, 0.29) is 5.56 Å². The van der Waals surface area contributed by atoms with Crippen molar-refractivity contribution in [1.29, 1.82) is 0 Å². The quantitative estimate of drug-likeness (QED) is 0.430. The fraction of sp³-hybridized carbons (Fsp3) is 0. The molecule has 2 N–H and O–H groups in total. The Balaban J connectivity index is 1.42. The summed E-state index contributed by atoms with van der Waals surface area (Å²) in [5, 5.41) is 3.54. The van der Waals surface area contributed by atoms with Crippen LogP contribution in [0.2, 0.25) is 0 Å². The van der Waals surface area contributed by atoms with Gasteiger partial charge in [0, 0.05) is 35.4 Å². The van der Waals surface area contributed by atoms with E-state index in [0.29, 0.717) is 22.7 Å². The zero-order valence-electron chi connectivity index (χ0n) is 16.3. The number of para-hydroxylation sites is 1. The van der Waals surface area contributed by atoms with Gasteiger partial charge in [0.1, 0.15) is 11.5 Å². The zero-order valence-corrected chi connectivity index (χ0v) is 16.3. The molecule has 0 bridgehead atoms. The summed E-state index contributed by atoms with van der Waals surface area (Å²) in [6, 6.07) is 22.4. The standard InChI is InChI=1S/C24H17N5O2/c30-23-21-20(16-5-4-13-25-15-16)12-14-26-22(21)28-24(29-23)27-17-8-10-19(11-9-17)31-18-6-2-1-3-7-18/h1-15H,(H2,26,27,28,29,30). The summed E-state index contributed by atoms with van der Waals surface area (Å²) in [6.45, 7) is 0. The van der Waals surface area contributed by atoms with E-state index in [0.717, 1.165) is 22.6 Å². The molecule has 0 atom stereocenters. The van der Waals surface area contributed by atoms with Crippen molar-refractivity contribution in [1.82, 2.24) is 19.9 Å². The molecule has 31 heavy (non-hydrogen) atoms. The summed E-state index contributed by atoms with van der Waals surface area (Å²) in [5.41, 5.74) is 2.41. The number of pyridine rings is 2. The number of nitrogens with zero attached hydrogens (tertiary/aromatic N) is 3. The van der Waals surface area contributed by atoms with E-state index >= 15 is 0 Å². The summed E-state index contributed by atoms with van der Waals surface area (Å²) in [7, 11) is 0. The van der Waals surface area contributed by atoms with Gasteiger partial charge in [-0.2, -0.15) is 4.98 Å². The first kappa shape index (κ1) is 18.5. The fourth-order valence-electron chi connectivity index (χ4n) is 3.25. The highest BCUT2D eigenvalue weighted by Gasteiger charge is 2.11. The van der Waals surface area contributed by atoms with Gasteiger partial charge in [-0.1, -0.05) is 24.3 Å². The molecule has 2 aromatic carbocycles. The van der Waals surface area contributed by atoms with E-state index in [1.54, 1.807) is 24.7 Å². The van der Waals surface area contributed by atoms with Crippen LogP contribution < -0.4 is 15.6 Å². The Morgan fingerprint density at radius 1 is 0.839 bits per heavy atom. The van der Waals surface area contributed by atoms with Gasteiger partial charge in [0.05, 0.1) is 5.39 Å². The van der Waals surface area contributed by atoms with Crippen molar-refractivity contribution in [2.24, 2.45) is 0 Å². The number of aromatic amines is 1. The summed E-state index contributed by atoms with van der Waals surface area (Å²) >= 11 is 0. The molecule has 0 aliphatic carbocycles. The normalized spacial score (nSPS) is 10.7. The number of hydrogen-bond acceptors (Lipinski definition) is 6. The van der Waals surface area contributed by atoms with Crippen molar-refractivity contribution in [2.45, 2.75) is 0 Å². The van der Waals surface area contributed by atoms with Gasteiger partial charge in [0.2, 0.25) is 5.95 Å². The molecule has 3 aromatic heterocycles. The second-order valence-electron chi connectivity index (χ2n) is 6.78. The number of fused-ring (bicyclic) bond motifs is 1. The summed E-state index contributed by atoms with van der Waals surface area (Å²) < 4.78 is 5.80. The molecule has 0 aliphatic rings. The molecule has 0 saturated heterocycles. The van der Waals surface area contributed by atoms with E-state index < -0.39 is 0 Å². The molecular formula is C24H17N5O2. The average molecular weight is 407 g/mol. The topological polar surface area (TPSA) is 92.8 Å². The van der Waals surface area contributed by atoms with Gasteiger partial charge in [-0.3, -0.25) is 14.8 Å². The Kier molecular flexibility index (Phi) is 4.82. The summed E-state index contributed by atoms with van der Waals surface area (Å²) in [4.78, 5) is 28.5. The SMILES string of the molecule is O=c1[nH]c(Nc2ccc(Oc3ccccc3)cc2)nc2nccc(-c3cccnc3)c12. The summed E-state index contributed by atoms with van der Waals surface area (Å²) in [5.74, 6) is 1.78. The van der Waals surface area contributed by atoms with E-state index in [1.807, 2.05) is 66.7 Å². The van der Waals surface area contributed by atoms with Gasteiger partial charge in [-0.15, -0.1) is 0 Å². The zero-order chi connectivity index (χ0) is 21.0. The Morgan fingerprint density at radius 2 is 1.65 bits per heavy atom. The van der Waals surface area contributed by atoms with E-state index in [1.165, 1.54) is 0 Å². The molecule has 0 unspecified atom stereocenters. The molecule has 5 rings (SSSR count). The minimum Gasteiger partial charge on any atom is -0.457 e. The lowest BCUT2D eigenvalue weighted by Gasteiger charge is -2.09. The predicted molar refractivity (Wildman–Crippen MR) is 120 cm³/mol. The number of ether oxygens (including phenoxy) is 1. The minimum absolute atomic E-state index is 0.275. The Morgan fingerprint density at radius 3 is 2.42 bits per heavy atom. The second kappa shape index (κ2) is 8.08. The van der Waals surface area contributed by atoms with Gasteiger partial charge in [-0.05, 0) is 48.5 Å². The van der Waals surface area contributed by atoms with Crippen LogP contribution >= 0.6 is 0 Å². The maximum Gasteiger partial charge on any atom is 0.262 e. The average Bonchev–Trinajstić information content (AvgIpc) is 2.81. The van der Waals surface area contributed by atoms with Gasteiger partial charge in [0.15, 0.2) is 5.65 Å². The molecular weight excluding hydrogens is 390 g/mol. The number of benzene rings is 2. The lowest BCUT2D eigenvalue weighted by Crippen LogP contribution is -2.13. The molecule has 7 heteroatoms.